The normalized spacial score (nSPS) is 14.1. The van der Waals surface area contributed by atoms with Crippen LogP contribution in [-0.4, -0.2) is 38.7 Å². The molecule has 4 heterocycles. The Hall–Kier alpha value is -2.74. The topological polar surface area (TPSA) is 75.9 Å². The second kappa shape index (κ2) is 9.38. The molecule has 0 atom stereocenters. The lowest BCUT2D eigenvalue weighted by atomic mass is 10.1. The zero-order valence-electron chi connectivity index (χ0n) is 17.6. The number of hydrogen-bond acceptors (Lipinski definition) is 6. The van der Waals surface area contributed by atoms with Crippen LogP contribution in [0.2, 0.25) is 0 Å². The molecule has 0 saturated carbocycles. The molecule has 0 aromatic carbocycles. The third-order valence-electron chi connectivity index (χ3n) is 5.62. The molecule has 0 bridgehead atoms. The first-order chi connectivity index (χ1) is 14.6. The van der Waals surface area contributed by atoms with E-state index < -0.39 is 0 Å². The van der Waals surface area contributed by atoms with Crippen LogP contribution in [0.3, 0.4) is 0 Å². The van der Waals surface area contributed by atoms with Gasteiger partial charge in [0.15, 0.2) is 5.82 Å². The largest absolute Gasteiger partial charge is 0.356 e. The van der Waals surface area contributed by atoms with Crippen LogP contribution in [0.25, 0.3) is 5.82 Å². The van der Waals surface area contributed by atoms with Gasteiger partial charge in [-0.25, -0.2) is 14.6 Å². The van der Waals surface area contributed by atoms with Crippen molar-refractivity contribution >= 4 is 23.1 Å². The van der Waals surface area contributed by atoms with Crippen molar-refractivity contribution in [3.63, 3.8) is 0 Å². The van der Waals surface area contributed by atoms with E-state index in [1.54, 1.807) is 17.7 Å². The van der Waals surface area contributed by atoms with Crippen LogP contribution in [0.15, 0.2) is 29.9 Å². The summed E-state index contributed by atoms with van der Waals surface area (Å²) in [5.74, 6) is 1.80. The Morgan fingerprint density at radius 3 is 2.73 bits per heavy atom. The van der Waals surface area contributed by atoms with E-state index in [-0.39, 0.29) is 5.91 Å². The molecule has 30 heavy (non-hydrogen) atoms. The molecule has 0 unspecified atom stereocenters. The summed E-state index contributed by atoms with van der Waals surface area (Å²) >= 11 is 1.65. The van der Waals surface area contributed by atoms with Crippen molar-refractivity contribution < 1.29 is 4.79 Å². The number of rotatable bonds is 7. The zero-order valence-corrected chi connectivity index (χ0v) is 18.4. The molecule has 1 N–H and O–H groups in total. The highest BCUT2D eigenvalue weighted by Crippen LogP contribution is 2.22. The van der Waals surface area contributed by atoms with Crippen molar-refractivity contribution in [3.05, 3.63) is 51.7 Å². The van der Waals surface area contributed by atoms with E-state index in [1.165, 1.54) is 19.3 Å². The SMILES string of the molecule is Cc1nn(-c2cc(N3CCCCC3)ncn2)c(C)c1CCC(=O)NCc1cccs1. The van der Waals surface area contributed by atoms with Gasteiger partial charge in [0.25, 0.3) is 0 Å². The van der Waals surface area contributed by atoms with Crippen LogP contribution in [0, 0.1) is 13.8 Å². The summed E-state index contributed by atoms with van der Waals surface area (Å²) < 4.78 is 1.88. The van der Waals surface area contributed by atoms with Crippen LogP contribution in [0.1, 0.15) is 47.5 Å². The van der Waals surface area contributed by atoms with Gasteiger partial charge in [-0.1, -0.05) is 6.07 Å². The quantitative estimate of drug-likeness (QED) is 0.627. The number of hydrogen-bond donors (Lipinski definition) is 1. The first kappa shape index (κ1) is 20.5. The molecule has 1 fully saturated rings. The fourth-order valence-corrected chi connectivity index (χ4v) is 4.58. The molecule has 8 heteroatoms. The molecule has 7 nitrogen and oxygen atoms in total. The van der Waals surface area contributed by atoms with Crippen molar-refractivity contribution in [2.45, 2.75) is 52.5 Å². The number of aromatic nitrogens is 4. The number of carbonyl (C=O) groups is 1. The minimum absolute atomic E-state index is 0.0596. The predicted octanol–water partition coefficient (Wildman–Crippen LogP) is 3.58. The molecule has 4 rings (SSSR count). The summed E-state index contributed by atoms with van der Waals surface area (Å²) in [5, 5.41) is 9.72. The summed E-state index contributed by atoms with van der Waals surface area (Å²) in [7, 11) is 0. The molecule has 0 aliphatic carbocycles. The van der Waals surface area contributed by atoms with Gasteiger partial charge in [0, 0.05) is 36.1 Å². The van der Waals surface area contributed by atoms with Gasteiger partial charge in [0.05, 0.1) is 12.2 Å². The number of carbonyl (C=O) groups excluding carboxylic acids is 1. The van der Waals surface area contributed by atoms with Gasteiger partial charge in [0.2, 0.25) is 5.91 Å². The lowest BCUT2D eigenvalue weighted by Gasteiger charge is -2.27. The Bertz CT molecular complexity index is 991. The second-order valence-electron chi connectivity index (χ2n) is 7.70. The first-order valence-corrected chi connectivity index (χ1v) is 11.4. The second-order valence-corrected chi connectivity index (χ2v) is 8.73. The van der Waals surface area contributed by atoms with E-state index in [2.05, 4.69) is 20.2 Å². The number of nitrogens with zero attached hydrogens (tertiary/aromatic N) is 5. The van der Waals surface area contributed by atoms with Crippen LogP contribution >= 0.6 is 11.3 Å². The third kappa shape index (κ3) is 4.70. The van der Waals surface area contributed by atoms with Crippen LogP contribution < -0.4 is 10.2 Å². The number of piperidine rings is 1. The standard InChI is InChI=1S/C22H28N6OS/c1-16-19(8-9-22(29)23-14-18-7-6-12-30-18)17(2)28(26-16)21-13-20(24-15-25-21)27-10-4-3-5-11-27/h6-7,12-13,15H,3-5,8-11,14H2,1-2H3,(H,23,29). The minimum Gasteiger partial charge on any atom is -0.356 e. The Balaban J connectivity index is 1.43. The van der Waals surface area contributed by atoms with E-state index in [0.29, 0.717) is 19.4 Å². The van der Waals surface area contributed by atoms with Gasteiger partial charge < -0.3 is 10.2 Å². The smallest absolute Gasteiger partial charge is 0.220 e. The Kier molecular flexibility index (Phi) is 6.42. The molecule has 1 aliphatic heterocycles. The number of amides is 1. The van der Waals surface area contributed by atoms with Crippen LogP contribution in [0.5, 0.6) is 0 Å². The van der Waals surface area contributed by atoms with Crippen molar-refractivity contribution in [1.82, 2.24) is 25.1 Å². The first-order valence-electron chi connectivity index (χ1n) is 10.5. The maximum Gasteiger partial charge on any atom is 0.220 e. The Labute approximate surface area is 181 Å². The van der Waals surface area contributed by atoms with Crippen LogP contribution in [-0.2, 0) is 17.8 Å². The fourth-order valence-electron chi connectivity index (χ4n) is 3.93. The van der Waals surface area contributed by atoms with Crippen molar-refractivity contribution in [2.24, 2.45) is 0 Å². The van der Waals surface area contributed by atoms with Crippen molar-refractivity contribution in [2.75, 3.05) is 18.0 Å². The zero-order chi connectivity index (χ0) is 20.9. The maximum atomic E-state index is 12.3. The Morgan fingerprint density at radius 2 is 1.97 bits per heavy atom. The molecular weight excluding hydrogens is 396 g/mol. The van der Waals surface area contributed by atoms with E-state index in [9.17, 15) is 4.79 Å². The average molecular weight is 425 g/mol. The van der Waals surface area contributed by atoms with Crippen LogP contribution in [0.4, 0.5) is 5.82 Å². The maximum absolute atomic E-state index is 12.3. The van der Waals surface area contributed by atoms with Crippen molar-refractivity contribution in [3.8, 4) is 5.82 Å². The molecule has 1 amide bonds. The number of nitrogens with one attached hydrogen (secondary N) is 1. The van der Waals surface area contributed by atoms with Gasteiger partial charge in [-0.2, -0.15) is 5.10 Å². The summed E-state index contributed by atoms with van der Waals surface area (Å²) in [6.45, 7) is 6.71. The van der Waals surface area contributed by atoms with E-state index >= 15 is 0 Å². The lowest BCUT2D eigenvalue weighted by molar-refractivity contribution is -0.121. The highest BCUT2D eigenvalue weighted by Gasteiger charge is 2.17. The molecule has 0 spiro atoms. The number of anilines is 1. The Morgan fingerprint density at radius 1 is 1.17 bits per heavy atom. The van der Waals surface area contributed by atoms with Crippen molar-refractivity contribution in [1.29, 1.82) is 0 Å². The summed E-state index contributed by atoms with van der Waals surface area (Å²) in [4.78, 5) is 24.7. The minimum atomic E-state index is 0.0596. The van der Waals surface area contributed by atoms with E-state index in [0.717, 1.165) is 46.6 Å². The van der Waals surface area contributed by atoms with E-state index in [4.69, 9.17) is 5.10 Å². The molecule has 158 valence electrons. The monoisotopic (exact) mass is 424 g/mol. The van der Waals surface area contributed by atoms with Gasteiger partial charge in [-0.15, -0.1) is 11.3 Å². The van der Waals surface area contributed by atoms with Gasteiger partial charge in [-0.3, -0.25) is 4.79 Å². The fraction of sp³-hybridized carbons (Fsp3) is 0.455. The summed E-state index contributed by atoms with van der Waals surface area (Å²) in [6, 6.07) is 6.04. The summed E-state index contributed by atoms with van der Waals surface area (Å²) in [6.07, 6.45) is 6.43. The number of aryl methyl sites for hydroxylation is 1. The highest BCUT2D eigenvalue weighted by atomic mass is 32.1. The average Bonchev–Trinajstić information content (AvgIpc) is 3.39. The van der Waals surface area contributed by atoms with Gasteiger partial charge in [0.1, 0.15) is 12.1 Å². The molecule has 1 aliphatic rings. The molecule has 1 saturated heterocycles. The lowest BCUT2D eigenvalue weighted by Crippen LogP contribution is -2.30. The number of thiophene rings is 1. The predicted molar refractivity (Wildman–Crippen MR) is 119 cm³/mol. The molecule has 3 aromatic rings. The van der Waals surface area contributed by atoms with E-state index in [1.807, 2.05) is 42.1 Å². The van der Waals surface area contributed by atoms with Gasteiger partial charge >= 0.3 is 0 Å². The molecule has 0 radical (unpaired) electrons. The molecular formula is C22H28N6OS. The van der Waals surface area contributed by atoms with Gasteiger partial charge in [-0.05, 0) is 56.5 Å². The molecule has 3 aromatic heterocycles. The summed E-state index contributed by atoms with van der Waals surface area (Å²) in [5.41, 5.74) is 3.08. The highest BCUT2D eigenvalue weighted by molar-refractivity contribution is 7.09. The third-order valence-corrected chi connectivity index (χ3v) is 6.49.